The molecule has 110 valence electrons. The lowest BCUT2D eigenvalue weighted by molar-refractivity contribution is 0.597. The maximum atomic E-state index is 12.5. The van der Waals surface area contributed by atoms with E-state index in [-0.39, 0.29) is 5.56 Å². The lowest BCUT2D eigenvalue weighted by atomic mass is 10.2. The Morgan fingerprint density at radius 2 is 2.24 bits per heavy atom. The minimum atomic E-state index is 0.103. The number of benzene rings is 1. The Kier molecular flexibility index (Phi) is 4.62. The molecule has 0 amide bonds. The monoisotopic (exact) mass is 338 g/mol. The SMILES string of the molecule is CCn1c(SCc2ccccc2Cl)nc2c(c1=O)SCC2. The van der Waals surface area contributed by atoms with Crippen LogP contribution >= 0.6 is 35.1 Å². The van der Waals surface area contributed by atoms with Gasteiger partial charge in [-0.15, -0.1) is 11.8 Å². The lowest BCUT2D eigenvalue weighted by Crippen LogP contribution is -2.24. The smallest absolute Gasteiger partial charge is 0.268 e. The Morgan fingerprint density at radius 3 is 3.00 bits per heavy atom. The highest BCUT2D eigenvalue weighted by atomic mass is 35.5. The highest BCUT2D eigenvalue weighted by Gasteiger charge is 2.21. The number of thioether (sulfide) groups is 2. The third kappa shape index (κ3) is 3.00. The van der Waals surface area contributed by atoms with Gasteiger partial charge in [0.25, 0.3) is 5.56 Å². The summed E-state index contributed by atoms with van der Waals surface area (Å²) in [5.41, 5.74) is 2.12. The van der Waals surface area contributed by atoms with Crippen LogP contribution in [0.3, 0.4) is 0 Å². The third-order valence-electron chi connectivity index (χ3n) is 3.38. The van der Waals surface area contributed by atoms with Gasteiger partial charge in [-0.05, 0) is 18.6 Å². The first kappa shape index (κ1) is 15.0. The molecule has 0 atom stereocenters. The molecule has 0 radical (unpaired) electrons. The molecule has 6 heteroatoms. The predicted octanol–water partition coefficient (Wildman–Crippen LogP) is 3.86. The van der Waals surface area contributed by atoms with Crippen LogP contribution in [0, 0.1) is 0 Å². The highest BCUT2D eigenvalue weighted by Crippen LogP contribution is 2.30. The zero-order chi connectivity index (χ0) is 14.8. The molecule has 1 aliphatic heterocycles. The van der Waals surface area contributed by atoms with Crippen molar-refractivity contribution in [1.82, 2.24) is 9.55 Å². The van der Waals surface area contributed by atoms with E-state index < -0.39 is 0 Å². The van der Waals surface area contributed by atoms with Gasteiger partial charge in [0, 0.05) is 29.5 Å². The van der Waals surface area contributed by atoms with Crippen molar-refractivity contribution in [3.05, 3.63) is 50.9 Å². The zero-order valence-corrected chi connectivity index (χ0v) is 14.0. The van der Waals surface area contributed by atoms with E-state index in [9.17, 15) is 4.79 Å². The standard InChI is InChI=1S/C15H15ClN2OS2/c1-2-18-14(19)13-12(7-8-20-13)17-15(18)21-9-10-5-3-4-6-11(10)16/h3-6H,2,7-9H2,1H3. The summed E-state index contributed by atoms with van der Waals surface area (Å²) in [6.45, 7) is 2.62. The summed E-state index contributed by atoms with van der Waals surface area (Å²) in [5.74, 6) is 1.68. The molecule has 21 heavy (non-hydrogen) atoms. The molecular weight excluding hydrogens is 324 g/mol. The molecule has 0 aliphatic carbocycles. The summed E-state index contributed by atoms with van der Waals surface area (Å²) < 4.78 is 1.76. The second-order valence-corrected chi connectivity index (χ2v) is 7.15. The van der Waals surface area contributed by atoms with Crippen LogP contribution < -0.4 is 5.56 Å². The van der Waals surface area contributed by atoms with Gasteiger partial charge < -0.3 is 0 Å². The fourth-order valence-electron chi connectivity index (χ4n) is 2.27. The molecule has 0 N–H and O–H groups in total. The maximum absolute atomic E-state index is 12.5. The van der Waals surface area contributed by atoms with Crippen molar-refractivity contribution in [2.45, 2.75) is 35.7 Å². The first-order valence-corrected chi connectivity index (χ1v) is 9.18. The quantitative estimate of drug-likeness (QED) is 0.626. The Labute approximate surface area is 137 Å². The van der Waals surface area contributed by atoms with E-state index in [1.54, 1.807) is 28.1 Å². The van der Waals surface area contributed by atoms with Crippen molar-refractivity contribution in [1.29, 1.82) is 0 Å². The van der Waals surface area contributed by atoms with Crippen LogP contribution in [-0.4, -0.2) is 15.3 Å². The van der Waals surface area contributed by atoms with Gasteiger partial charge in [-0.1, -0.05) is 41.6 Å². The Bertz CT molecular complexity index is 730. The van der Waals surface area contributed by atoms with Crippen LogP contribution in [0.25, 0.3) is 0 Å². The molecule has 3 rings (SSSR count). The number of aromatic nitrogens is 2. The maximum Gasteiger partial charge on any atom is 0.268 e. The molecule has 1 aliphatic rings. The molecule has 1 aromatic heterocycles. The zero-order valence-electron chi connectivity index (χ0n) is 11.6. The van der Waals surface area contributed by atoms with Gasteiger partial charge in [0.1, 0.15) is 0 Å². The highest BCUT2D eigenvalue weighted by molar-refractivity contribution is 7.99. The fraction of sp³-hybridized carbons (Fsp3) is 0.333. The molecule has 1 aromatic carbocycles. The first-order chi connectivity index (χ1) is 10.2. The summed E-state index contributed by atoms with van der Waals surface area (Å²) >= 11 is 9.38. The largest absolute Gasteiger partial charge is 0.287 e. The number of halogens is 1. The van der Waals surface area contributed by atoms with E-state index >= 15 is 0 Å². The van der Waals surface area contributed by atoms with E-state index in [0.717, 1.165) is 44.3 Å². The van der Waals surface area contributed by atoms with Gasteiger partial charge in [0.15, 0.2) is 5.16 Å². The summed E-state index contributed by atoms with van der Waals surface area (Å²) in [6, 6.07) is 7.79. The van der Waals surface area contributed by atoms with Crippen molar-refractivity contribution in [2.24, 2.45) is 0 Å². The van der Waals surface area contributed by atoms with E-state index in [1.807, 2.05) is 31.2 Å². The number of rotatable bonds is 4. The molecule has 0 bridgehead atoms. The van der Waals surface area contributed by atoms with Crippen molar-refractivity contribution in [3.63, 3.8) is 0 Å². The van der Waals surface area contributed by atoms with Gasteiger partial charge in [0.05, 0.1) is 10.6 Å². The second-order valence-electron chi connectivity index (χ2n) is 4.70. The van der Waals surface area contributed by atoms with Gasteiger partial charge in [0.2, 0.25) is 0 Å². The van der Waals surface area contributed by atoms with Crippen LogP contribution in [0.1, 0.15) is 18.2 Å². The fourth-order valence-corrected chi connectivity index (χ4v) is 4.68. The number of fused-ring (bicyclic) bond motifs is 1. The van der Waals surface area contributed by atoms with Crippen LogP contribution in [0.2, 0.25) is 5.02 Å². The molecule has 0 fully saturated rings. The van der Waals surface area contributed by atoms with Gasteiger partial charge in [-0.3, -0.25) is 9.36 Å². The normalized spacial score (nSPS) is 13.4. The summed E-state index contributed by atoms with van der Waals surface area (Å²) in [5, 5.41) is 1.55. The molecule has 0 saturated carbocycles. The lowest BCUT2D eigenvalue weighted by Gasteiger charge is -2.12. The average Bonchev–Trinajstić information content (AvgIpc) is 2.95. The van der Waals surface area contributed by atoms with Crippen LogP contribution in [0.15, 0.2) is 39.1 Å². The van der Waals surface area contributed by atoms with Gasteiger partial charge >= 0.3 is 0 Å². The minimum Gasteiger partial charge on any atom is -0.287 e. The van der Waals surface area contributed by atoms with E-state index in [1.165, 1.54) is 0 Å². The number of hydrogen-bond acceptors (Lipinski definition) is 4. The molecule has 3 nitrogen and oxygen atoms in total. The minimum absolute atomic E-state index is 0.103. The van der Waals surface area contributed by atoms with Crippen LogP contribution in [0.5, 0.6) is 0 Å². The molecule has 2 heterocycles. The Balaban J connectivity index is 1.91. The average molecular weight is 339 g/mol. The van der Waals surface area contributed by atoms with Crippen molar-refractivity contribution < 1.29 is 0 Å². The predicted molar refractivity (Wildman–Crippen MR) is 89.6 cm³/mol. The molecule has 0 spiro atoms. The topological polar surface area (TPSA) is 34.9 Å². The molecular formula is C15H15ClN2OS2. The van der Waals surface area contributed by atoms with Crippen molar-refractivity contribution in [3.8, 4) is 0 Å². The third-order valence-corrected chi connectivity index (χ3v) is 5.88. The Hall–Kier alpha value is -0.910. The number of nitrogens with zero attached hydrogens (tertiary/aromatic N) is 2. The van der Waals surface area contributed by atoms with E-state index in [2.05, 4.69) is 0 Å². The first-order valence-electron chi connectivity index (χ1n) is 6.83. The number of aryl methyl sites for hydroxylation is 1. The second kappa shape index (κ2) is 6.46. The molecule has 0 unspecified atom stereocenters. The summed E-state index contributed by atoms with van der Waals surface area (Å²) in [4.78, 5) is 18.0. The van der Waals surface area contributed by atoms with Gasteiger partial charge in [-0.2, -0.15) is 0 Å². The van der Waals surface area contributed by atoms with Crippen molar-refractivity contribution in [2.75, 3.05) is 5.75 Å². The number of hydrogen-bond donors (Lipinski definition) is 0. The van der Waals surface area contributed by atoms with Crippen LogP contribution in [0.4, 0.5) is 0 Å². The van der Waals surface area contributed by atoms with Crippen molar-refractivity contribution >= 4 is 35.1 Å². The van der Waals surface area contributed by atoms with E-state index in [4.69, 9.17) is 16.6 Å². The van der Waals surface area contributed by atoms with Crippen LogP contribution in [-0.2, 0) is 18.7 Å². The molecule has 2 aromatic rings. The Morgan fingerprint density at radius 1 is 1.43 bits per heavy atom. The van der Waals surface area contributed by atoms with Gasteiger partial charge in [-0.25, -0.2) is 4.98 Å². The summed E-state index contributed by atoms with van der Waals surface area (Å²) in [7, 11) is 0. The molecule has 0 saturated heterocycles. The summed E-state index contributed by atoms with van der Waals surface area (Å²) in [6.07, 6.45) is 0.888. The van der Waals surface area contributed by atoms with E-state index in [0.29, 0.717) is 6.54 Å².